The zero-order valence-corrected chi connectivity index (χ0v) is 12.7. The van der Waals surface area contributed by atoms with Crippen molar-refractivity contribution in [3.8, 4) is 5.75 Å². The Hall–Kier alpha value is -2.34. The van der Waals surface area contributed by atoms with E-state index in [0.29, 0.717) is 17.9 Å². The smallest absolute Gasteiger partial charge is 0.296 e. The molecule has 0 bridgehead atoms. The third-order valence-electron chi connectivity index (χ3n) is 3.82. The van der Waals surface area contributed by atoms with Crippen LogP contribution in [-0.2, 0) is 12.0 Å². The van der Waals surface area contributed by atoms with Crippen LogP contribution in [-0.4, -0.2) is 22.7 Å². The highest BCUT2D eigenvalue weighted by Crippen LogP contribution is 2.36. The molecule has 1 amide bonds. The third-order valence-corrected chi connectivity index (χ3v) is 3.82. The Labute approximate surface area is 128 Å². The van der Waals surface area contributed by atoms with Crippen LogP contribution in [0.5, 0.6) is 5.75 Å². The fourth-order valence-electron chi connectivity index (χ4n) is 2.65. The molecule has 22 heavy (non-hydrogen) atoms. The molecule has 116 valence electrons. The largest absolute Gasteiger partial charge is 0.506 e. The number of aromatic nitrogens is 1. The molecule has 2 heterocycles. The fraction of sp³-hybridized carbons (Fsp3) is 0.375. The molecule has 0 saturated carbocycles. The molecule has 0 atom stereocenters. The van der Waals surface area contributed by atoms with Gasteiger partial charge in [0.15, 0.2) is 0 Å². The van der Waals surface area contributed by atoms with Gasteiger partial charge in [-0.25, -0.2) is 0 Å². The summed E-state index contributed by atoms with van der Waals surface area (Å²) in [7, 11) is 0. The fourth-order valence-corrected chi connectivity index (χ4v) is 2.65. The molecule has 3 rings (SSSR count). The standard InChI is InChI=1S/C16H19N3O3/c1-16(2,17)13-9-12(22-18-13)15(21)19-8-4-6-10-5-3-7-11(20)14(10)19/h3,5,7,9,20H,4,6,8,17H2,1-2H3. The number of phenols is 1. The van der Waals surface area contributed by atoms with Gasteiger partial charge in [0.1, 0.15) is 11.4 Å². The number of carbonyl (C=O) groups is 1. The summed E-state index contributed by atoms with van der Waals surface area (Å²) < 4.78 is 5.16. The van der Waals surface area contributed by atoms with E-state index < -0.39 is 5.54 Å². The van der Waals surface area contributed by atoms with E-state index in [1.165, 1.54) is 0 Å². The molecular formula is C16H19N3O3. The predicted molar refractivity (Wildman–Crippen MR) is 81.8 cm³/mol. The molecule has 6 nitrogen and oxygen atoms in total. The molecule has 0 unspecified atom stereocenters. The number of phenolic OH excluding ortho intramolecular Hbond substituents is 1. The van der Waals surface area contributed by atoms with Gasteiger partial charge in [0, 0.05) is 12.6 Å². The highest BCUT2D eigenvalue weighted by atomic mass is 16.5. The number of aromatic hydroxyl groups is 1. The average Bonchev–Trinajstić information content (AvgIpc) is 2.96. The lowest BCUT2D eigenvalue weighted by Crippen LogP contribution is -2.35. The van der Waals surface area contributed by atoms with Crippen molar-refractivity contribution in [3.05, 3.63) is 41.3 Å². The number of hydrogen-bond acceptors (Lipinski definition) is 5. The Morgan fingerprint density at radius 2 is 2.23 bits per heavy atom. The Balaban J connectivity index is 1.96. The van der Waals surface area contributed by atoms with Gasteiger partial charge in [-0.3, -0.25) is 4.79 Å². The van der Waals surface area contributed by atoms with Gasteiger partial charge in [-0.05, 0) is 38.3 Å². The van der Waals surface area contributed by atoms with E-state index in [2.05, 4.69) is 5.16 Å². The molecule has 3 N–H and O–H groups in total. The van der Waals surface area contributed by atoms with E-state index in [1.54, 1.807) is 36.9 Å². The van der Waals surface area contributed by atoms with E-state index in [0.717, 1.165) is 18.4 Å². The topological polar surface area (TPSA) is 92.6 Å². The van der Waals surface area contributed by atoms with Gasteiger partial charge in [-0.1, -0.05) is 17.3 Å². The van der Waals surface area contributed by atoms with Crippen LogP contribution in [0.4, 0.5) is 5.69 Å². The van der Waals surface area contributed by atoms with Crippen LogP contribution in [0.1, 0.15) is 42.1 Å². The molecule has 1 aliphatic rings. The lowest BCUT2D eigenvalue weighted by Gasteiger charge is -2.29. The minimum atomic E-state index is -0.677. The zero-order chi connectivity index (χ0) is 15.9. The van der Waals surface area contributed by atoms with Gasteiger partial charge in [0.2, 0.25) is 5.76 Å². The minimum absolute atomic E-state index is 0.101. The van der Waals surface area contributed by atoms with Gasteiger partial charge in [-0.2, -0.15) is 0 Å². The van der Waals surface area contributed by atoms with Gasteiger partial charge in [-0.15, -0.1) is 0 Å². The van der Waals surface area contributed by atoms with E-state index in [-0.39, 0.29) is 17.4 Å². The molecular weight excluding hydrogens is 282 g/mol. The SMILES string of the molecule is CC(C)(N)c1cc(C(=O)N2CCCc3cccc(O)c32)on1. The quantitative estimate of drug-likeness (QED) is 0.886. The number of hydrogen-bond donors (Lipinski definition) is 2. The van der Waals surface area contributed by atoms with Crippen molar-refractivity contribution in [2.75, 3.05) is 11.4 Å². The summed E-state index contributed by atoms with van der Waals surface area (Å²) in [6.45, 7) is 4.12. The Kier molecular flexibility index (Phi) is 3.41. The van der Waals surface area contributed by atoms with Crippen LogP contribution in [0.25, 0.3) is 0 Å². The van der Waals surface area contributed by atoms with Gasteiger partial charge in [0.05, 0.1) is 11.2 Å². The normalized spacial score (nSPS) is 14.8. The highest BCUT2D eigenvalue weighted by Gasteiger charge is 2.30. The van der Waals surface area contributed by atoms with Crippen LogP contribution in [0.15, 0.2) is 28.8 Å². The van der Waals surface area contributed by atoms with Crippen molar-refractivity contribution < 1.29 is 14.4 Å². The van der Waals surface area contributed by atoms with Crippen LogP contribution in [0, 0.1) is 0 Å². The van der Waals surface area contributed by atoms with E-state index in [9.17, 15) is 9.90 Å². The average molecular weight is 301 g/mol. The first-order valence-electron chi connectivity index (χ1n) is 7.27. The summed E-state index contributed by atoms with van der Waals surface area (Å²) in [5.41, 5.74) is 7.32. The molecule has 0 saturated heterocycles. The second-order valence-electron chi connectivity index (χ2n) is 6.14. The number of nitrogens with zero attached hydrogens (tertiary/aromatic N) is 2. The zero-order valence-electron chi connectivity index (χ0n) is 12.7. The maximum Gasteiger partial charge on any atom is 0.296 e. The van der Waals surface area contributed by atoms with Crippen molar-refractivity contribution in [2.24, 2.45) is 5.73 Å². The summed E-state index contributed by atoms with van der Waals surface area (Å²) in [5, 5.41) is 14.0. The number of fused-ring (bicyclic) bond motifs is 1. The highest BCUT2D eigenvalue weighted by molar-refractivity contribution is 6.05. The predicted octanol–water partition coefficient (Wildman–Crippen LogP) is 2.17. The van der Waals surface area contributed by atoms with Gasteiger partial charge < -0.3 is 20.3 Å². The van der Waals surface area contributed by atoms with Gasteiger partial charge in [0.25, 0.3) is 5.91 Å². The molecule has 1 aliphatic heterocycles. The summed E-state index contributed by atoms with van der Waals surface area (Å²) in [4.78, 5) is 14.2. The second kappa shape index (κ2) is 5.14. The Morgan fingerprint density at radius 3 is 2.91 bits per heavy atom. The Bertz CT molecular complexity index is 716. The van der Waals surface area contributed by atoms with Crippen molar-refractivity contribution >= 4 is 11.6 Å². The Morgan fingerprint density at radius 1 is 1.45 bits per heavy atom. The number of carbonyl (C=O) groups excluding carboxylic acids is 1. The number of benzene rings is 1. The van der Waals surface area contributed by atoms with Crippen LogP contribution < -0.4 is 10.6 Å². The molecule has 1 aromatic heterocycles. The maximum atomic E-state index is 12.7. The number of anilines is 1. The lowest BCUT2D eigenvalue weighted by molar-refractivity contribution is 0.0948. The first-order valence-corrected chi connectivity index (χ1v) is 7.27. The summed E-state index contributed by atoms with van der Waals surface area (Å²) in [6, 6.07) is 6.85. The van der Waals surface area contributed by atoms with E-state index >= 15 is 0 Å². The van der Waals surface area contributed by atoms with Crippen molar-refractivity contribution in [1.82, 2.24) is 5.16 Å². The first kappa shape index (κ1) is 14.6. The molecule has 0 fully saturated rings. The molecule has 0 aliphatic carbocycles. The van der Waals surface area contributed by atoms with Crippen LogP contribution in [0.2, 0.25) is 0 Å². The number of rotatable bonds is 2. The van der Waals surface area contributed by atoms with E-state index in [4.69, 9.17) is 10.3 Å². The summed E-state index contributed by atoms with van der Waals surface area (Å²) >= 11 is 0. The van der Waals surface area contributed by atoms with Crippen molar-refractivity contribution in [1.29, 1.82) is 0 Å². The van der Waals surface area contributed by atoms with Crippen molar-refractivity contribution in [2.45, 2.75) is 32.2 Å². The summed E-state index contributed by atoms with van der Waals surface area (Å²) in [6.07, 6.45) is 1.68. The third kappa shape index (κ3) is 2.46. The van der Waals surface area contributed by atoms with Gasteiger partial charge >= 0.3 is 0 Å². The molecule has 0 spiro atoms. The lowest BCUT2D eigenvalue weighted by atomic mass is 10.00. The molecule has 2 aromatic rings. The first-order chi connectivity index (χ1) is 10.4. The number of nitrogens with two attached hydrogens (primary N) is 1. The molecule has 6 heteroatoms. The molecule has 1 aromatic carbocycles. The van der Waals surface area contributed by atoms with Crippen LogP contribution >= 0.6 is 0 Å². The monoisotopic (exact) mass is 301 g/mol. The molecule has 0 radical (unpaired) electrons. The van der Waals surface area contributed by atoms with Crippen molar-refractivity contribution in [3.63, 3.8) is 0 Å². The number of amides is 1. The van der Waals surface area contributed by atoms with Crippen LogP contribution in [0.3, 0.4) is 0 Å². The minimum Gasteiger partial charge on any atom is -0.506 e. The second-order valence-corrected chi connectivity index (χ2v) is 6.14. The van der Waals surface area contributed by atoms with E-state index in [1.807, 2.05) is 6.07 Å². The maximum absolute atomic E-state index is 12.7. The number of aryl methyl sites for hydroxylation is 1. The summed E-state index contributed by atoms with van der Waals surface area (Å²) in [5.74, 6) is -0.0838. The number of para-hydroxylation sites is 1.